The summed E-state index contributed by atoms with van der Waals surface area (Å²) in [7, 11) is 0. The maximum atomic E-state index is 13.9. The number of benzene rings is 3. The first-order valence-electron chi connectivity index (χ1n) is 12.4. The van der Waals surface area contributed by atoms with Gasteiger partial charge in [-0.2, -0.15) is 18.4 Å². The molecule has 200 valence electrons. The van der Waals surface area contributed by atoms with E-state index in [1.807, 2.05) is 23.1 Å². The van der Waals surface area contributed by atoms with Gasteiger partial charge in [-0.05, 0) is 48.0 Å². The van der Waals surface area contributed by atoms with Crippen molar-refractivity contribution in [2.45, 2.75) is 25.7 Å². The van der Waals surface area contributed by atoms with Gasteiger partial charge in [0.1, 0.15) is 6.61 Å². The van der Waals surface area contributed by atoms with Crippen LogP contribution >= 0.6 is 0 Å². The molecule has 0 saturated heterocycles. The first kappa shape index (κ1) is 25.2. The number of hydrogen-bond donors (Lipinski definition) is 1. The summed E-state index contributed by atoms with van der Waals surface area (Å²) in [6.07, 6.45) is -4.05. The summed E-state index contributed by atoms with van der Waals surface area (Å²) in [5.74, 6) is 0.381. The molecule has 0 atom stereocenters. The molecule has 1 aliphatic heterocycles. The smallest absolute Gasteiger partial charge is 0.416 e. The van der Waals surface area contributed by atoms with Gasteiger partial charge in [-0.1, -0.05) is 30.3 Å². The number of para-hydroxylation sites is 1. The number of aromatic nitrogens is 4. The number of alkyl halides is 3. The lowest BCUT2D eigenvalue weighted by Crippen LogP contribution is -2.38. The Kier molecular flexibility index (Phi) is 6.23. The SMILES string of the molecule is N#Cc1ccc(COc2nc3c(c(=O)n2-c2ccccc2)CN(c2nc4ccc(C(F)(F)F)cc4[nH]2)CC3)cc1. The maximum absolute atomic E-state index is 13.9. The number of H-pyrrole nitrogens is 1. The number of anilines is 1. The second-order valence-electron chi connectivity index (χ2n) is 9.35. The van der Waals surface area contributed by atoms with E-state index < -0.39 is 11.7 Å². The van der Waals surface area contributed by atoms with E-state index in [2.05, 4.69) is 16.0 Å². The van der Waals surface area contributed by atoms with Crippen LogP contribution in [-0.4, -0.2) is 26.1 Å². The number of halogens is 3. The molecule has 0 aliphatic carbocycles. The van der Waals surface area contributed by atoms with Gasteiger partial charge in [-0.15, -0.1) is 0 Å². The zero-order valence-electron chi connectivity index (χ0n) is 20.9. The summed E-state index contributed by atoms with van der Waals surface area (Å²) in [6.45, 7) is 0.778. The number of nitrogens with one attached hydrogen (secondary N) is 1. The molecule has 2 aromatic heterocycles. The van der Waals surface area contributed by atoms with Crippen LogP contribution in [0.4, 0.5) is 19.1 Å². The average Bonchev–Trinajstić information content (AvgIpc) is 3.40. The molecular formula is C29H21F3N6O2. The summed E-state index contributed by atoms with van der Waals surface area (Å²) < 4.78 is 47.0. The summed E-state index contributed by atoms with van der Waals surface area (Å²) in [5, 5.41) is 9.03. The normalized spacial score (nSPS) is 13.2. The van der Waals surface area contributed by atoms with E-state index in [1.54, 1.807) is 36.4 Å². The molecule has 1 aliphatic rings. The minimum absolute atomic E-state index is 0.148. The molecule has 0 radical (unpaired) electrons. The summed E-state index contributed by atoms with van der Waals surface area (Å²) in [5.41, 5.74) is 2.59. The van der Waals surface area contributed by atoms with E-state index in [9.17, 15) is 18.0 Å². The lowest BCUT2D eigenvalue weighted by atomic mass is 10.1. The van der Waals surface area contributed by atoms with Gasteiger partial charge in [0, 0.05) is 13.0 Å². The highest BCUT2D eigenvalue weighted by atomic mass is 19.4. The second kappa shape index (κ2) is 9.89. The summed E-state index contributed by atoms with van der Waals surface area (Å²) >= 11 is 0. The van der Waals surface area contributed by atoms with Gasteiger partial charge in [0.2, 0.25) is 5.95 Å². The highest BCUT2D eigenvalue weighted by Gasteiger charge is 2.31. The average molecular weight is 543 g/mol. The minimum Gasteiger partial charge on any atom is -0.459 e. The number of hydrogen-bond acceptors (Lipinski definition) is 6. The molecule has 40 heavy (non-hydrogen) atoms. The van der Waals surface area contributed by atoms with E-state index >= 15 is 0 Å². The Morgan fingerprint density at radius 3 is 2.52 bits per heavy atom. The van der Waals surface area contributed by atoms with Crippen molar-refractivity contribution < 1.29 is 17.9 Å². The number of rotatable bonds is 5. The number of imidazole rings is 1. The van der Waals surface area contributed by atoms with Crippen molar-refractivity contribution in [2.75, 3.05) is 11.4 Å². The van der Waals surface area contributed by atoms with Crippen molar-refractivity contribution in [2.24, 2.45) is 0 Å². The first-order chi connectivity index (χ1) is 19.3. The van der Waals surface area contributed by atoms with Crippen LogP contribution in [-0.2, 0) is 25.7 Å². The van der Waals surface area contributed by atoms with Crippen LogP contribution in [0, 0.1) is 11.3 Å². The number of fused-ring (bicyclic) bond motifs is 2. The van der Waals surface area contributed by atoms with Crippen LogP contribution < -0.4 is 15.2 Å². The predicted molar refractivity (Wildman–Crippen MR) is 141 cm³/mol. The van der Waals surface area contributed by atoms with Gasteiger partial charge in [-0.25, -0.2) is 14.5 Å². The largest absolute Gasteiger partial charge is 0.459 e. The molecular weight excluding hydrogens is 521 g/mol. The standard InChI is InChI=1S/C29H21F3N6O2/c30-29(31,32)20-10-11-24-25(14-20)35-27(34-24)37-13-12-23-22(16-37)26(39)38(21-4-2-1-3-5-21)28(36-23)40-17-19-8-6-18(15-33)7-9-19/h1-11,14H,12-13,16-17H2,(H,34,35). The summed E-state index contributed by atoms with van der Waals surface area (Å²) in [6, 6.07) is 21.6. The Hall–Kier alpha value is -5.11. The van der Waals surface area contributed by atoms with Gasteiger partial charge < -0.3 is 14.6 Å². The van der Waals surface area contributed by atoms with Gasteiger partial charge in [0.15, 0.2) is 0 Å². The van der Waals surface area contributed by atoms with E-state index in [-0.39, 0.29) is 30.2 Å². The molecule has 8 nitrogen and oxygen atoms in total. The van der Waals surface area contributed by atoms with Crippen LogP contribution in [0.2, 0.25) is 0 Å². The lowest BCUT2D eigenvalue weighted by Gasteiger charge is -2.28. The van der Waals surface area contributed by atoms with Crippen molar-refractivity contribution in [3.05, 3.63) is 111 Å². The Morgan fingerprint density at radius 1 is 1.02 bits per heavy atom. The van der Waals surface area contributed by atoms with Gasteiger partial charge in [0.05, 0.1) is 51.7 Å². The molecule has 3 aromatic carbocycles. The summed E-state index contributed by atoms with van der Waals surface area (Å²) in [4.78, 5) is 27.8. The zero-order valence-corrected chi connectivity index (χ0v) is 20.9. The third kappa shape index (κ3) is 4.75. The van der Waals surface area contributed by atoms with Crippen LogP contribution in [0.25, 0.3) is 16.7 Å². The zero-order chi connectivity index (χ0) is 27.9. The van der Waals surface area contributed by atoms with E-state index in [4.69, 9.17) is 15.0 Å². The molecule has 11 heteroatoms. The lowest BCUT2D eigenvalue weighted by molar-refractivity contribution is -0.137. The predicted octanol–water partition coefficient (Wildman–Crippen LogP) is 5.14. The van der Waals surface area contributed by atoms with E-state index in [0.29, 0.717) is 46.9 Å². The quantitative estimate of drug-likeness (QED) is 0.330. The molecule has 5 aromatic rings. The van der Waals surface area contributed by atoms with E-state index in [1.165, 1.54) is 10.6 Å². The Bertz CT molecular complexity index is 1810. The van der Waals surface area contributed by atoms with Crippen molar-refractivity contribution in [3.8, 4) is 17.8 Å². The minimum atomic E-state index is -4.46. The number of nitriles is 1. The Balaban J connectivity index is 1.34. The first-order valence-corrected chi connectivity index (χ1v) is 12.4. The Morgan fingerprint density at radius 2 is 1.80 bits per heavy atom. The van der Waals surface area contributed by atoms with Crippen LogP contribution in [0.5, 0.6) is 6.01 Å². The van der Waals surface area contributed by atoms with E-state index in [0.717, 1.165) is 17.7 Å². The van der Waals surface area contributed by atoms with Crippen molar-refractivity contribution >= 4 is 17.0 Å². The molecule has 3 heterocycles. The molecule has 6 rings (SSSR count). The van der Waals surface area contributed by atoms with Crippen molar-refractivity contribution in [1.29, 1.82) is 5.26 Å². The van der Waals surface area contributed by atoms with Crippen molar-refractivity contribution in [1.82, 2.24) is 19.5 Å². The molecule has 0 spiro atoms. The van der Waals surface area contributed by atoms with Crippen LogP contribution in [0.1, 0.15) is 27.9 Å². The molecule has 0 bridgehead atoms. The third-order valence-corrected chi connectivity index (χ3v) is 6.76. The number of nitrogens with zero attached hydrogens (tertiary/aromatic N) is 5. The highest BCUT2D eigenvalue weighted by Crippen LogP contribution is 2.32. The topological polar surface area (TPSA) is 99.8 Å². The number of ether oxygens (including phenoxy) is 1. The monoisotopic (exact) mass is 542 g/mol. The molecule has 0 amide bonds. The molecule has 0 unspecified atom stereocenters. The van der Waals surface area contributed by atoms with Gasteiger partial charge >= 0.3 is 12.2 Å². The van der Waals surface area contributed by atoms with Crippen LogP contribution in [0.3, 0.4) is 0 Å². The third-order valence-electron chi connectivity index (χ3n) is 6.76. The Labute approximate surface area is 225 Å². The fourth-order valence-corrected chi connectivity index (χ4v) is 4.68. The molecule has 0 saturated carbocycles. The van der Waals surface area contributed by atoms with Gasteiger partial charge in [0.25, 0.3) is 5.56 Å². The number of aromatic amines is 1. The molecule has 1 N–H and O–H groups in total. The molecule has 0 fully saturated rings. The highest BCUT2D eigenvalue weighted by molar-refractivity contribution is 5.78. The second-order valence-corrected chi connectivity index (χ2v) is 9.35. The van der Waals surface area contributed by atoms with Crippen LogP contribution in [0.15, 0.2) is 77.6 Å². The van der Waals surface area contributed by atoms with Gasteiger partial charge in [-0.3, -0.25) is 4.79 Å². The fourth-order valence-electron chi connectivity index (χ4n) is 4.68. The fraction of sp³-hybridized carbons (Fsp3) is 0.172. The maximum Gasteiger partial charge on any atom is 0.416 e. The van der Waals surface area contributed by atoms with Crippen molar-refractivity contribution in [3.63, 3.8) is 0 Å².